The molecule has 0 radical (unpaired) electrons. The quantitative estimate of drug-likeness (QED) is 0.510. The SMILES string of the molecule is COC(=O)C1CCC(Nc2nn(C)cc2[N+](=O)[O-])CC1. The van der Waals surface area contributed by atoms with E-state index in [0.717, 1.165) is 25.7 Å². The minimum atomic E-state index is -0.449. The van der Waals surface area contributed by atoms with E-state index in [1.165, 1.54) is 18.0 Å². The number of rotatable bonds is 4. The van der Waals surface area contributed by atoms with Crippen molar-refractivity contribution in [2.75, 3.05) is 12.4 Å². The van der Waals surface area contributed by atoms with Gasteiger partial charge in [-0.15, -0.1) is 5.10 Å². The summed E-state index contributed by atoms with van der Waals surface area (Å²) in [5.41, 5.74) is -0.0254. The third kappa shape index (κ3) is 3.06. The van der Waals surface area contributed by atoms with Crippen molar-refractivity contribution in [3.8, 4) is 0 Å². The number of anilines is 1. The fourth-order valence-electron chi connectivity index (χ4n) is 2.55. The van der Waals surface area contributed by atoms with Crippen LogP contribution >= 0.6 is 0 Å². The Morgan fingerprint density at radius 2 is 2.15 bits per heavy atom. The van der Waals surface area contributed by atoms with E-state index in [1.54, 1.807) is 7.05 Å². The van der Waals surface area contributed by atoms with Gasteiger partial charge in [-0.1, -0.05) is 0 Å². The molecule has 1 fully saturated rings. The van der Waals surface area contributed by atoms with Crippen molar-refractivity contribution >= 4 is 17.5 Å². The lowest BCUT2D eigenvalue weighted by molar-refractivity contribution is -0.384. The van der Waals surface area contributed by atoms with Crippen LogP contribution in [0.2, 0.25) is 0 Å². The number of ether oxygens (including phenoxy) is 1. The van der Waals surface area contributed by atoms with Crippen molar-refractivity contribution in [3.05, 3.63) is 16.3 Å². The Morgan fingerprint density at radius 3 is 2.70 bits per heavy atom. The predicted molar refractivity (Wildman–Crippen MR) is 71.2 cm³/mol. The van der Waals surface area contributed by atoms with Crippen LogP contribution in [0.5, 0.6) is 0 Å². The summed E-state index contributed by atoms with van der Waals surface area (Å²) < 4.78 is 6.15. The van der Waals surface area contributed by atoms with Crippen molar-refractivity contribution in [2.24, 2.45) is 13.0 Å². The number of hydrogen-bond acceptors (Lipinski definition) is 6. The standard InChI is InChI=1S/C12H18N4O4/c1-15-7-10(16(18)19)11(14-15)13-9-5-3-8(4-6-9)12(17)20-2/h7-9H,3-6H2,1-2H3,(H,13,14). The maximum absolute atomic E-state index is 11.4. The molecular formula is C12H18N4O4. The Hall–Kier alpha value is -2.12. The molecule has 110 valence electrons. The third-order valence-corrected chi connectivity index (χ3v) is 3.61. The summed E-state index contributed by atoms with van der Waals surface area (Å²) in [7, 11) is 3.04. The van der Waals surface area contributed by atoms with Crippen LogP contribution in [0.3, 0.4) is 0 Å². The lowest BCUT2D eigenvalue weighted by Gasteiger charge is -2.27. The molecule has 0 aliphatic heterocycles. The number of nitro groups is 1. The van der Waals surface area contributed by atoms with E-state index in [9.17, 15) is 14.9 Å². The molecule has 0 unspecified atom stereocenters. The molecule has 0 aromatic carbocycles. The van der Waals surface area contributed by atoms with Crippen LogP contribution in [0.4, 0.5) is 11.5 Å². The normalized spacial score (nSPS) is 22.3. The summed E-state index contributed by atoms with van der Waals surface area (Å²) in [5, 5.41) is 18.1. The molecule has 1 heterocycles. The number of nitrogens with zero attached hydrogens (tertiary/aromatic N) is 3. The zero-order valence-corrected chi connectivity index (χ0v) is 11.5. The number of methoxy groups -OCH3 is 1. The van der Waals surface area contributed by atoms with Gasteiger partial charge in [-0.3, -0.25) is 19.6 Å². The number of carbonyl (C=O) groups excluding carboxylic acids is 1. The first-order valence-electron chi connectivity index (χ1n) is 6.53. The number of hydrogen-bond donors (Lipinski definition) is 1. The molecule has 1 aliphatic carbocycles. The van der Waals surface area contributed by atoms with Crippen LogP contribution in [-0.4, -0.2) is 33.8 Å². The highest BCUT2D eigenvalue weighted by molar-refractivity contribution is 5.72. The smallest absolute Gasteiger partial charge is 0.330 e. The third-order valence-electron chi connectivity index (χ3n) is 3.61. The summed E-state index contributed by atoms with van der Waals surface area (Å²) in [5.74, 6) is 0.0584. The van der Waals surface area contributed by atoms with Crippen molar-refractivity contribution in [3.63, 3.8) is 0 Å². The monoisotopic (exact) mass is 282 g/mol. The number of aryl methyl sites for hydroxylation is 1. The fourth-order valence-corrected chi connectivity index (χ4v) is 2.55. The second-order valence-electron chi connectivity index (χ2n) is 5.01. The molecule has 0 amide bonds. The average molecular weight is 282 g/mol. The Morgan fingerprint density at radius 1 is 1.50 bits per heavy atom. The second-order valence-corrected chi connectivity index (χ2v) is 5.01. The highest BCUT2D eigenvalue weighted by Crippen LogP contribution is 2.29. The minimum absolute atomic E-state index is 0.0254. The molecule has 1 aromatic rings. The zero-order chi connectivity index (χ0) is 14.7. The Labute approximate surface area is 116 Å². The van der Waals surface area contributed by atoms with Gasteiger partial charge in [0.25, 0.3) is 0 Å². The molecule has 0 bridgehead atoms. The first-order chi connectivity index (χ1) is 9.51. The summed E-state index contributed by atoms with van der Waals surface area (Å²) in [4.78, 5) is 21.9. The van der Waals surface area contributed by atoms with Crippen LogP contribution in [0.25, 0.3) is 0 Å². The van der Waals surface area contributed by atoms with E-state index in [1.807, 2.05) is 0 Å². The first-order valence-corrected chi connectivity index (χ1v) is 6.53. The molecule has 1 aliphatic rings. The Bertz CT molecular complexity index is 506. The maximum Gasteiger partial charge on any atom is 0.330 e. The average Bonchev–Trinajstić information content (AvgIpc) is 2.80. The Kier molecular flexibility index (Phi) is 4.21. The van der Waals surface area contributed by atoms with Crippen LogP contribution in [-0.2, 0) is 16.6 Å². The first kappa shape index (κ1) is 14.3. The van der Waals surface area contributed by atoms with Crippen LogP contribution < -0.4 is 5.32 Å². The minimum Gasteiger partial charge on any atom is -0.469 e. The fraction of sp³-hybridized carbons (Fsp3) is 0.667. The van der Waals surface area contributed by atoms with E-state index < -0.39 is 4.92 Å². The zero-order valence-electron chi connectivity index (χ0n) is 11.5. The predicted octanol–water partition coefficient (Wildman–Crippen LogP) is 1.47. The lowest BCUT2D eigenvalue weighted by Crippen LogP contribution is -2.30. The van der Waals surface area contributed by atoms with Gasteiger partial charge in [0.15, 0.2) is 0 Å². The maximum atomic E-state index is 11.4. The van der Waals surface area contributed by atoms with Crippen molar-refractivity contribution < 1.29 is 14.5 Å². The summed E-state index contributed by atoms with van der Waals surface area (Å²) >= 11 is 0. The summed E-state index contributed by atoms with van der Waals surface area (Å²) in [6.45, 7) is 0. The number of carbonyl (C=O) groups is 1. The molecule has 2 rings (SSSR count). The van der Waals surface area contributed by atoms with E-state index in [2.05, 4.69) is 10.4 Å². The molecule has 0 atom stereocenters. The molecule has 1 aromatic heterocycles. The van der Waals surface area contributed by atoms with Gasteiger partial charge in [0.2, 0.25) is 5.82 Å². The Balaban J connectivity index is 1.96. The van der Waals surface area contributed by atoms with Crippen LogP contribution in [0.15, 0.2) is 6.20 Å². The topological polar surface area (TPSA) is 99.3 Å². The molecule has 0 spiro atoms. The molecule has 0 saturated heterocycles. The summed E-state index contributed by atoms with van der Waals surface area (Å²) in [6.07, 6.45) is 4.37. The van der Waals surface area contributed by atoms with E-state index in [0.29, 0.717) is 5.82 Å². The van der Waals surface area contributed by atoms with E-state index in [-0.39, 0.29) is 23.6 Å². The molecule has 1 saturated carbocycles. The molecule has 20 heavy (non-hydrogen) atoms. The van der Waals surface area contributed by atoms with Gasteiger partial charge >= 0.3 is 11.7 Å². The van der Waals surface area contributed by atoms with Crippen molar-refractivity contribution in [2.45, 2.75) is 31.7 Å². The number of esters is 1. The molecular weight excluding hydrogens is 264 g/mol. The molecule has 8 heteroatoms. The van der Waals surface area contributed by atoms with Gasteiger partial charge in [-0.05, 0) is 25.7 Å². The highest BCUT2D eigenvalue weighted by atomic mass is 16.6. The van der Waals surface area contributed by atoms with Crippen molar-refractivity contribution in [1.29, 1.82) is 0 Å². The van der Waals surface area contributed by atoms with Crippen LogP contribution in [0, 0.1) is 16.0 Å². The van der Waals surface area contributed by atoms with E-state index in [4.69, 9.17) is 4.74 Å². The van der Waals surface area contributed by atoms with Gasteiger partial charge in [-0.2, -0.15) is 0 Å². The largest absolute Gasteiger partial charge is 0.469 e. The van der Waals surface area contributed by atoms with Gasteiger partial charge in [-0.25, -0.2) is 0 Å². The number of nitrogens with one attached hydrogen (secondary N) is 1. The lowest BCUT2D eigenvalue weighted by atomic mass is 9.86. The van der Waals surface area contributed by atoms with Crippen LogP contribution in [0.1, 0.15) is 25.7 Å². The van der Waals surface area contributed by atoms with Gasteiger partial charge < -0.3 is 10.1 Å². The van der Waals surface area contributed by atoms with Gasteiger partial charge in [0.1, 0.15) is 6.20 Å². The van der Waals surface area contributed by atoms with Crippen molar-refractivity contribution in [1.82, 2.24) is 9.78 Å². The molecule has 1 N–H and O–H groups in total. The van der Waals surface area contributed by atoms with Gasteiger partial charge in [0, 0.05) is 13.1 Å². The summed E-state index contributed by atoms with van der Waals surface area (Å²) in [6, 6.07) is 0.101. The number of aromatic nitrogens is 2. The second kappa shape index (κ2) is 5.89. The van der Waals surface area contributed by atoms with Gasteiger partial charge in [0.05, 0.1) is 18.0 Å². The van der Waals surface area contributed by atoms with E-state index >= 15 is 0 Å². The highest BCUT2D eigenvalue weighted by Gasteiger charge is 2.29. The molecule has 8 nitrogen and oxygen atoms in total.